The molecule has 0 spiro atoms. The van der Waals surface area contributed by atoms with Gasteiger partial charge in [0.25, 0.3) is 5.69 Å². The van der Waals surface area contributed by atoms with E-state index in [1.54, 1.807) is 30.3 Å². The number of aliphatic hydroxyl groups is 1. The van der Waals surface area contributed by atoms with Crippen molar-refractivity contribution in [2.45, 2.75) is 12.8 Å². The Bertz CT molecular complexity index is 668. The molecule has 0 radical (unpaired) electrons. The van der Waals surface area contributed by atoms with Crippen molar-refractivity contribution in [3.8, 4) is 0 Å². The van der Waals surface area contributed by atoms with Crippen LogP contribution >= 0.6 is 0 Å². The molecule has 0 saturated carbocycles. The Balaban J connectivity index is 2.02. The summed E-state index contributed by atoms with van der Waals surface area (Å²) in [7, 11) is 0. The molecule has 2 rings (SSSR count). The number of nitro groups is 1. The predicted molar refractivity (Wildman–Crippen MR) is 82.7 cm³/mol. The van der Waals surface area contributed by atoms with Crippen molar-refractivity contribution < 1.29 is 14.8 Å². The SMILES string of the molecule is O=C(Cc1ccccc1[N+](=O)[O-])Nc1ccc(CCO)cc1. The van der Waals surface area contributed by atoms with Gasteiger partial charge in [-0.25, -0.2) is 0 Å². The fourth-order valence-corrected chi connectivity index (χ4v) is 2.10. The van der Waals surface area contributed by atoms with Crippen LogP contribution in [0.5, 0.6) is 0 Å². The largest absolute Gasteiger partial charge is 0.396 e. The van der Waals surface area contributed by atoms with E-state index in [4.69, 9.17) is 5.11 Å². The first-order chi connectivity index (χ1) is 10.6. The van der Waals surface area contributed by atoms with E-state index in [-0.39, 0.29) is 24.6 Å². The van der Waals surface area contributed by atoms with Gasteiger partial charge in [-0.1, -0.05) is 30.3 Å². The maximum absolute atomic E-state index is 12.0. The smallest absolute Gasteiger partial charge is 0.273 e. The maximum Gasteiger partial charge on any atom is 0.273 e. The van der Waals surface area contributed by atoms with Gasteiger partial charge in [-0.3, -0.25) is 14.9 Å². The maximum atomic E-state index is 12.0. The molecule has 0 aromatic heterocycles. The molecule has 1 amide bonds. The lowest BCUT2D eigenvalue weighted by Gasteiger charge is -2.07. The zero-order valence-electron chi connectivity index (χ0n) is 11.9. The number of carbonyl (C=O) groups excluding carboxylic acids is 1. The lowest BCUT2D eigenvalue weighted by Crippen LogP contribution is -2.15. The van der Waals surface area contributed by atoms with Gasteiger partial charge < -0.3 is 10.4 Å². The fourth-order valence-electron chi connectivity index (χ4n) is 2.10. The Kier molecular flexibility index (Phi) is 5.21. The van der Waals surface area contributed by atoms with Crippen molar-refractivity contribution in [1.29, 1.82) is 0 Å². The Morgan fingerprint density at radius 1 is 1.14 bits per heavy atom. The van der Waals surface area contributed by atoms with E-state index in [1.165, 1.54) is 6.07 Å². The van der Waals surface area contributed by atoms with Crippen LogP contribution in [0.4, 0.5) is 11.4 Å². The highest BCUT2D eigenvalue weighted by Crippen LogP contribution is 2.19. The quantitative estimate of drug-likeness (QED) is 0.632. The summed E-state index contributed by atoms with van der Waals surface area (Å²) < 4.78 is 0. The van der Waals surface area contributed by atoms with E-state index < -0.39 is 4.92 Å². The average Bonchev–Trinajstić information content (AvgIpc) is 2.50. The number of rotatable bonds is 6. The van der Waals surface area contributed by atoms with E-state index in [9.17, 15) is 14.9 Å². The second-order valence-electron chi connectivity index (χ2n) is 4.78. The van der Waals surface area contributed by atoms with Crippen molar-refractivity contribution >= 4 is 17.3 Å². The molecule has 0 atom stereocenters. The summed E-state index contributed by atoms with van der Waals surface area (Å²) in [6.07, 6.45) is 0.500. The Morgan fingerprint density at radius 2 is 1.82 bits per heavy atom. The van der Waals surface area contributed by atoms with Gasteiger partial charge in [0.15, 0.2) is 0 Å². The number of benzene rings is 2. The molecule has 2 aromatic rings. The third-order valence-corrected chi connectivity index (χ3v) is 3.18. The minimum absolute atomic E-state index is 0.0593. The van der Waals surface area contributed by atoms with E-state index in [0.717, 1.165) is 5.56 Å². The molecule has 0 aliphatic rings. The van der Waals surface area contributed by atoms with Crippen molar-refractivity contribution in [3.63, 3.8) is 0 Å². The molecule has 0 bridgehead atoms. The highest BCUT2D eigenvalue weighted by Gasteiger charge is 2.15. The molecule has 2 aromatic carbocycles. The first-order valence-corrected chi connectivity index (χ1v) is 6.82. The van der Waals surface area contributed by atoms with Gasteiger partial charge in [0.1, 0.15) is 0 Å². The molecule has 2 N–H and O–H groups in total. The summed E-state index contributed by atoms with van der Waals surface area (Å²) in [6, 6.07) is 13.3. The second kappa shape index (κ2) is 7.33. The zero-order valence-corrected chi connectivity index (χ0v) is 11.9. The zero-order chi connectivity index (χ0) is 15.9. The van der Waals surface area contributed by atoms with Gasteiger partial charge in [-0.2, -0.15) is 0 Å². The number of nitrogens with zero attached hydrogens (tertiary/aromatic N) is 1. The van der Waals surface area contributed by atoms with Crippen LogP contribution in [0.3, 0.4) is 0 Å². The van der Waals surface area contributed by atoms with Crippen LogP contribution in [0.25, 0.3) is 0 Å². The van der Waals surface area contributed by atoms with E-state index in [0.29, 0.717) is 17.7 Å². The molecule has 0 heterocycles. The van der Waals surface area contributed by atoms with Crippen LogP contribution in [0.1, 0.15) is 11.1 Å². The molecule has 0 aliphatic carbocycles. The van der Waals surface area contributed by atoms with Gasteiger partial charge >= 0.3 is 0 Å². The van der Waals surface area contributed by atoms with E-state index >= 15 is 0 Å². The van der Waals surface area contributed by atoms with Gasteiger partial charge in [-0.05, 0) is 24.1 Å². The Labute approximate surface area is 127 Å². The number of nitrogens with one attached hydrogen (secondary N) is 1. The predicted octanol–water partition coefficient (Wildman–Crippen LogP) is 2.31. The number of amides is 1. The van der Waals surface area contributed by atoms with Crippen LogP contribution in [0, 0.1) is 10.1 Å². The molecular weight excluding hydrogens is 284 g/mol. The number of hydrogen-bond acceptors (Lipinski definition) is 4. The molecule has 0 saturated heterocycles. The molecule has 22 heavy (non-hydrogen) atoms. The molecule has 6 nitrogen and oxygen atoms in total. The van der Waals surface area contributed by atoms with Crippen molar-refractivity contribution in [2.75, 3.05) is 11.9 Å². The number of nitro benzene ring substituents is 1. The van der Waals surface area contributed by atoms with Crippen molar-refractivity contribution in [2.24, 2.45) is 0 Å². The normalized spacial score (nSPS) is 10.2. The number of carbonyl (C=O) groups is 1. The summed E-state index contributed by atoms with van der Waals surface area (Å²) in [5.74, 6) is -0.316. The highest BCUT2D eigenvalue weighted by atomic mass is 16.6. The second-order valence-corrected chi connectivity index (χ2v) is 4.78. The molecule has 0 fully saturated rings. The van der Waals surface area contributed by atoms with Gasteiger partial charge in [0.2, 0.25) is 5.91 Å². The molecule has 0 aliphatic heterocycles. The van der Waals surface area contributed by atoms with Crippen LogP contribution in [0.15, 0.2) is 48.5 Å². The number of anilines is 1. The average molecular weight is 300 g/mol. The molecular formula is C16H16N2O4. The van der Waals surface area contributed by atoms with Crippen LogP contribution < -0.4 is 5.32 Å². The lowest BCUT2D eigenvalue weighted by molar-refractivity contribution is -0.385. The monoisotopic (exact) mass is 300 g/mol. The summed E-state index contributed by atoms with van der Waals surface area (Å²) >= 11 is 0. The highest BCUT2D eigenvalue weighted by molar-refractivity contribution is 5.92. The molecule has 114 valence electrons. The fraction of sp³-hybridized carbons (Fsp3) is 0.188. The van der Waals surface area contributed by atoms with Gasteiger partial charge in [0, 0.05) is 23.9 Å². The number of para-hydroxylation sites is 1. The van der Waals surface area contributed by atoms with E-state index in [1.807, 2.05) is 12.1 Å². The summed E-state index contributed by atoms with van der Waals surface area (Å²) in [4.78, 5) is 22.4. The Hall–Kier alpha value is -2.73. The number of hydrogen-bond donors (Lipinski definition) is 2. The van der Waals surface area contributed by atoms with Crippen molar-refractivity contribution in [1.82, 2.24) is 0 Å². The topological polar surface area (TPSA) is 92.5 Å². The lowest BCUT2D eigenvalue weighted by atomic mass is 10.1. The van der Waals surface area contributed by atoms with Gasteiger partial charge in [0.05, 0.1) is 11.3 Å². The van der Waals surface area contributed by atoms with E-state index in [2.05, 4.69) is 5.32 Å². The summed E-state index contributed by atoms with van der Waals surface area (Å²) in [6.45, 7) is 0.0728. The van der Waals surface area contributed by atoms with Crippen LogP contribution in [-0.2, 0) is 17.6 Å². The standard InChI is InChI=1S/C16H16N2O4/c19-10-9-12-5-7-14(8-6-12)17-16(20)11-13-3-1-2-4-15(13)18(21)22/h1-8,19H,9-11H2,(H,17,20). The number of aliphatic hydroxyl groups excluding tert-OH is 1. The third-order valence-electron chi connectivity index (χ3n) is 3.18. The summed E-state index contributed by atoms with van der Waals surface area (Å²) in [5, 5.41) is 22.5. The molecule has 6 heteroatoms. The van der Waals surface area contributed by atoms with Crippen LogP contribution in [0.2, 0.25) is 0 Å². The minimum Gasteiger partial charge on any atom is -0.396 e. The van der Waals surface area contributed by atoms with Gasteiger partial charge in [-0.15, -0.1) is 0 Å². The third kappa shape index (κ3) is 4.13. The first kappa shape index (κ1) is 15.7. The summed E-state index contributed by atoms with van der Waals surface area (Å²) in [5.41, 5.74) is 1.90. The first-order valence-electron chi connectivity index (χ1n) is 6.82. The Morgan fingerprint density at radius 3 is 2.45 bits per heavy atom. The minimum atomic E-state index is -0.494. The molecule has 0 unspecified atom stereocenters. The van der Waals surface area contributed by atoms with Crippen LogP contribution in [-0.4, -0.2) is 22.5 Å². The van der Waals surface area contributed by atoms with Crippen molar-refractivity contribution in [3.05, 3.63) is 69.8 Å².